The molecule has 0 bridgehead atoms. The van der Waals surface area contributed by atoms with Crippen molar-refractivity contribution in [3.05, 3.63) is 36.7 Å². The minimum absolute atomic E-state index is 0.376. The first-order valence-corrected chi connectivity index (χ1v) is 11.1. The highest BCUT2D eigenvalue weighted by Gasteiger charge is 2.29. The van der Waals surface area contributed by atoms with Crippen molar-refractivity contribution in [1.82, 2.24) is 14.6 Å². The number of hydrogen-bond donors (Lipinski definition) is 1. The van der Waals surface area contributed by atoms with E-state index in [9.17, 15) is 8.42 Å². The molecule has 0 saturated carbocycles. The summed E-state index contributed by atoms with van der Waals surface area (Å²) in [5.41, 5.74) is 0. The van der Waals surface area contributed by atoms with Crippen LogP contribution in [0, 0.1) is 5.92 Å². The molecule has 0 radical (unpaired) electrons. The van der Waals surface area contributed by atoms with E-state index in [-0.39, 0.29) is 0 Å². The third-order valence-corrected chi connectivity index (χ3v) is 7.08. The molecular formula is C20H29N3O2S. The molecule has 0 amide bonds. The first-order chi connectivity index (χ1) is 12.6. The van der Waals surface area contributed by atoms with Gasteiger partial charge in [0.15, 0.2) is 0 Å². The number of pyridine rings is 1. The zero-order valence-corrected chi connectivity index (χ0v) is 16.3. The van der Waals surface area contributed by atoms with Crippen molar-refractivity contribution in [3.8, 4) is 0 Å². The number of nitrogens with zero attached hydrogens (tertiary/aromatic N) is 2. The SMILES string of the molecule is CCCCCCC1CNCCN(S(=O)(=O)c2cccc3cnccc23)C1. The highest BCUT2D eigenvalue weighted by molar-refractivity contribution is 7.89. The second kappa shape index (κ2) is 8.93. The van der Waals surface area contributed by atoms with E-state index in [4.69, 9.17) is 0 Å². The van der Waals surface area contributed by atoms with Gasteiger partial charge in [-0.25, -0.2) is 8.42 Å². The van der Waals surface area contributed by atoms with Crippen LogP contribution >= 0.6 is 0 Å². The van der Waals surface area contributed by atoms with Crippen molar-refractivity contribution in [2.75, 3.05) is 26.2 Å². The molecule has 2 aromatic rings. The summed E-state index contributed by atoms with van der Waals surface area (Å²) in [7, 11) is -3.51. The van der Waals surface area contributed by atoms with Gasteiger partial charge >= 0.3 is 0 Å². The van der Waals surface area contributed by atoms with Crippen LogP contribution in [0.2, 0.25) is 0 Å². The second-order valence-corrected chi connectivity index (χ2v) is 9.04. The molecule has 0 spiro atoms. The molecule has 1 atom stereocenters. The van der Waals surface area contributed by atoms with Crippen LogP contribution in [-0.4, -0.2) is 43.9 Å². The maximum absolute atomic E-state index is 13.4. The Hall–Kier alpha value is -1.50. The number of rotatable bonds is 7. The van der Waals surface area contributed by atoms with Crippen LogP contribution in [0.25, 0.3) is 10.8 Å². The van der Waals surface area contributed by atoms with E-state index in [0.717, 1.165) is 23.7 Å². The van der Waals surface area contributed by atoms with Gasteiger partial charge < -0.3 is 5.32 Å². The van der Waals surface area contributed by atoms with E-state index in [0.29, 0.717) is 30.4 Å². The molecule has 1 N–H and O–H groups in total. The Morgan fingerprint density at radius 2 is 2.12 bits per heavy atom. The Balaban J connectivity index is 1.80. The summed E-state index contributed by atoms with van der Waals surface area (Å²) in [4.78, 5) is 4.50. The van der Waals surface area contributed by atoms with Gasteiger partial charge in [-0.05, 0) is 31.0 Å². The molecule has 1 saturated heterocycles. The molecule has 142 valence electrons. The number of unbranched alkanes of at least 4 members (excludes halogenated alkanes) is 3. The first kappa shape index (κ1) is 19.3. The van der Waals surface area contributed by atoms with Crippen molar-refractivity contribution in [3.63, 3.8) is 0 Å². The fourth-order valence-electron chi connectivity index (χ4n) is 3.68. The highest BCUT2D eigenvalue weighted by Crippen LogP contribution is 2.26. The molecular weight excluding hydrogens is 346 g/mol. The average molecular weight is 376 g/mol. The minimum Gasteiger partial charge on any atom is -0.315 e. The number of nitrogens with one attached hydrogen (secondary N) is 1. The molecule has 1 fully saturated rings. The molecule has 26 heavy (non-hydrogen) atoms. The summed E-state index contributed by atoms with van der Waals surface area (Å²) in [6.07, 6.45) is 9.34. The molecule has 1 aliphatic heterocycles. The number of hydrogen-bond acceptors (Lipinski definition) is 4. The number of sulfonamides is 1. The quantitative estimate of drug-likeness (QED) is 0.753. The van der Waals surface area contributed by atoms with Gasteiger partial charge in [0, 0.05) is 42.8 Å². The standard InChI is InChI=1S/C20H29N3O2S/c1-2-3-4-5-7-17-14-22-12-13-23(16-17)26(24,25)20-9-6-8-18-15-21-11-10-19(18)20/h6,8-11,15,17,22H,2-5,7,12-14,16H2,1H3. The average Bonchev–Trinajstić information content (AvgIpc) is 2.91. The molecule has 1 aliphatic rings. The van der Waals surface area contributed by atoms with Crippen molar-refractivity contribution in [1.29, 1.82) is 0 Å². The van der Waals surface area contributed by atoms with Crippen LogP contribution in [0.3, 0.4) is 0 Å². The van der Waals surface area contributed by atoms with Crippen molar-refractivity contribution in [2.24, 2.45) is 5.92 Å². The topological polar surface area (TPSA) is 62.3 Å². The molecule has 5 nitrogen and oxygen atoms in total. The highest BCUT2D eigenvalue weighted by atomic mass is 32.2. The Kier molecular flexibility index (Phi) is 6.62. The Labute approximate surface area is 156 Å². The van der Waals surface area contributed by atoms with Gasteiger partial charge in [-0.15, -0.1) is 0 Å². The summed E-state index contributed by atoms with van der Waals surface area (Å²) >= 11 is 0. The molecule has 0 aliphatic carbocycles. The lowest BCUT2D eigenvalue weighted by Gasteiger charge is -2.24. The van der Waals surface area contributed by atoms with Gasteiger partial charge in [-0.1, -0.05) is 44.7 Å². The van der Waals surface area contributed by atoms with Gasteiger partial charge in [-0.3, -0.25) is 4.98 Å². The van der Waals surface area contributed by atoms with E-state index in [1.165, 1.54) is 25.7 Å². The zero-order chi connectivity index (χ0) is 18.4. The van der Waals surface area contributed by atoms with Gasteiger partial charge in [0.25, 0.3) is 0 Å². The van der Waals surface area contributed by atoms with E-state index in [1.54, 1.807) is 34.9 Å². The molecule has 3 rings (SSSR count). The third-order valence-electron chi connectivity index (χ3n) is 5.16. The van der Waals surface area contributed by atoms with Crippen molar-refractivity contribution < 1.29 is 8.42 Å². The minimum atomic E-state index is -3.51. The predicted octanol–water partition coefficient (Wildman–Crippen LogP) is 3.42. The van der Waals surface area contributed by atoms with Crippen LogP contribution in [-0.2, 0) is 10.0 Å². The van der Waals surface area contributed by atoms with Crippen LogP contribution in [0.15, 0.2) is 41.6 Å². The van der Waals surface area contributed by atoms with E-state index in [1.807, 2.05) is 6.07 Å². The fraction of sp³-hybridized carbons (Fsp3) is 0.550. The van der Waals surface area contributed by atoms with Crippen molar-refractivity contribution in [2.45, 2.75) is 43.9 Å². The summed E-state index contributed by atoms with van der Waals surface area (Å²) < 4.78 is 28.4. The Bertz CT molecular complexity index is 817. The normalized spacial score (nSPS) is 19.5. The second-order valence-electron chi connectivity index (χ2n) is 7.14. The molecule has 1 aromatic heterocycles. The van der Waals surface area contributed by atoms with E-state index >= 15 is 0 Å². The fourth-order valence-corrected chi connectivity index (χ4v) is 5.41. The van der Waals surface area contributed by atoms with Crippen LogP contribution in [0.1, 0.15) is 39.0 Å². The maximum Gasteiger partial charge on any atom is 0.243 e. The molecule has 2 heterocycles. The lowest BCUT2D eigenvalue weighted by molar-refractivity contribution is 0.355. The number of aromatic nitrogens is 1. The summed E-state index contributed by atoms with van der Waals surface area (Å²) in [5.74, 6) is 0.376. The van der Waals surface area contributed by atoms with E-state index in [2.05, 4.69) is 17.2 Å². The van der Waals surface area contributed by atoms with Crippen LogP contribution in [0.4, 0.5) is 0 Å². The predicted molar refractivity (Wildman–Crippen MR) is 106 cm³/mol. The third kappa shape index (κ3) is 4.42. The monoisotopic (exact) mass is 375 g/mol. The smallest absolute Gasteiger partial charge is 0.243 e. The van der Waals surface area contributed by atoms with Crippen LogP contribution in [0.5, 0.6) is 0 Å². The van der Waals surface area contributed by atoms with Crippen LogP contribution < -0.4 is 5.32 Å². The molecule has 1 aromatic carbocycles. The van der Waals surface area contributed by atoms with Gasteiger partial charge in [0.1, 0.15) is 0 Å². The maximum atomic E-state index is 13.4. The molecule has 1 unspecified atom stereocenters. The number of fused-ring (bicyclic) bond motifs is 1. The Morgan fingerprint density at radius 1 is 1.23 bits per heavy atom. The van der Waals surface area contributed by atoms with Crippen molar-refractivity contribution >= 4 is 20.8 Å². The Morgan fingerprint density at radius 3 is 2.96 bits per heavy atom. The van der Waals surface area contributed by atoms with Gasteiger partial charge in [0.2, 0.25) is 10.0 Å². The zero-order valence-electron chi connectivity index (χ0n) is 15.5. The number of benzene rings is 1. The van der Waals surface area contributed by atoms with Gasteiger partial charge in [0.05, 0.1) is 4.90 Å². The van der Waals surface area contributed by atoms with E-state index < -0.39 is 10.0 Å². The summed E-state index contributed by atoms with van der Waals surface area (Å²) in [5, 5.41) is 5.02. The summed E-state index contributed by atoms with van der Waals surface area (Å²) in [6, 6.07) is 7.21. The molecule has 6 heteroatoms. The first-order valence-electron chi connectivity index (χ1n) is 9.66. The summed E-state index contributed by atoms with van der Waals surface area (Å²) in [6.45, 7) is 4.94. The lowest BCUT2D eigenvalue weighted by atomic mass is 10.0. The largest absolute Gasteiger partial charge is 0.315 e. The lowest BCUT2D eigenvalue weighted by Crippen LogP contribution is -2.36. The van der Waals surface area contributed by atoms with Gasteiger partial charge in [-0.2, -0.15) is 4.31 Å².